The van der Waals surface area contributed by atoms with Crippen LogP contribution in [0.15, 0.2) is 29.2 Å². The number of aryl methyl sites for hydroxylation is 1. The molecule has 0 aliphatic heterocycles. The van der Waals surface area contributed by atoms with Gasteiger partial charge in [0.1, 0.15) is 0 Å². The minimum Gasteiger partial charge on any atom is -0.324 e. The fraction of sp³-hybridized carbons (Fsp3) is 0.400. The van der Waals surface area contributed by atoms with Crippen molar-refractivity contribution in [1.82, 2.24) is 0 Å². The number of hydrogen-bond acceptors (Lipinski definition) is 3. The molecule has 6 nitrogen and oxygen atoms in total. The van der Waals surface area contributed by atoms with Crippen LogP contribution < -0.4 is 0 Å². The quantitative estimate of drug-likeness (QED) is 0.567. The van der Waals surface area contributed by atoms with Crippen molar-refractivity contribution in [1.29, 1.82) is 0 Å². The fourth-order valence-electron chi connectivity index (χ4n) is 0.710. The molecule has 0 spiro atoms. The molecule has 0 aliphatic rings. The molecule has 0 amide bonds. The van der Waals surface area contributed by atoms with Gasteiger partial charge in [0, 0.05) is 0 Å². The Kier molecular flexibility index (Phi) is 6.19. The third-order valence-corrected chi connectivity index (χ3v) is 4.20. The Morgan fingerprint density at radius 3 is 1.67 bits per heavy atom. The standard InChI is InChI=1S/C7H8O3S.C3H9O3P/c1-6-2-4-7(5-3-6)11(8,9)10;1-3(2)7(4,5)6/h2-5H,1H3,(H,8,9,10);3H,1-2H3,(H2,4,5,6). The normalized spacial score (nSPS) is 11.9. The minimum atomic E-state index is -4.02. The van der Waals surface area contributed by atoms with Crippen molar-refractivity contribution in [2.45, 2.75) is 31.3 Å². The van der Waals surface area contributed by atoms with Gasteiger partial charge in [-0.2, -0.15) is 8.42 Å². The highest BCUT2D eigenvalue weighted by molar-refractivity contribution is 7.85. The first-order valence-corrected chi connectivity index (χ1v) is 8.16. The Morgan fingerprint density at radius 2 is 1.44 bits per heavy atom. The third kappa shape index (κ3) is 6.88. The summed E-state index contributed by atoms with van der Waals surface area (Å²) >= 11 is 0. The SMILES string of the molecule is CC(C)P(=O)(O)O.Cc1ccc(S(=O)(=O)O)cc1. The van der Waals surface area contributed by atoms with E-state index in [1.807, 2.05) is 6.92 Å². The van der Waals surface area contributed by atoms with Gasteiger partial charge in [-0.15, -0.1) is 0 Å². The summed E-state index contributed by atoms with van der Waals surface area (Å²) in [5, 5.41) is 0. The van der Waals surface area contributed by atoms with Crippen LogP contribution in [-0.4, -0.2) is 28.4 Å². The summed E-state index contributed by atoms with van der Waals surface area (Å²) < 4.78 is 39.6. The maximum absolute atomic E-state index is 10.5. The first-order chi connectivity index (χ1) is 7.94. The van der Waals surface area contributed by atoms with E-state index in [0.29, 0.717) is 0 Å². The Hall–Kier alpha value is -0.720. The van der Waals surface area contributed by atoms with E-state index in [1.54, 1.807) is 12.1 Å². The lowest BCUT2D eigenvalue weighted by Crippen LogP contribution is -1.96. The molecule has 3 N–H and O–H groups in total. The lowest BCUT2D eigenvalue weighted by Gasteiger charge is -2.04. The average Bonchev–Trinajstić information content (AvgIpc) is 2.16. The van der Waals surface area contributed by atoms with Crippen molar-refractivity contribution >= 4 is 17.7 Å². The van der Waals surface area contributed by atoms with Gasteiger partial charge in [-0.1, -0.05) is 31.5 Å². The first-order valence-electron chi connectivity index (χ1n) is 5.04. The van der Waals surface area contributed by atoms with Gasteiger partial charge in [-0.25, -0.2) is 0 Å². The molecule has 0 saturated carbocycles. The molecule has 1 aromatic rings. The van der Waals surface area contributed by atoms with E-state index in [2.05, 4.69) is 0 Å². The van der Waals surface area contributed by atoms with Gasteiger partial charge in [-0.05, 0) is 19.1 Å². The number of rotatable bonds is 2. The molecule has 0 fully saturated rings. The molecule has 0 unspecified atom stereocenters. The first kappa shape index (κ1) is 17.3. The molecule has 8 heteroatoms. The Morgan fingerprint density at radius 1 is 1.11 bits per heavy atom. The lowest BCUT2D eigenvalue weighted by molar-refractivity contribution is 0.363. The minimum absolute atomic E-state index is 0.0666. The molecule has 18 heavy (non-hydrogen) atoms. The number of hydrogen-bond donors (Lipinski definition) is 3. The second-order valence-corrected chi connectivity index (χ2v) is 7.60. The van der Waals surface area contributed by atoms with Crippen LogP contribution >= 0.6 is 7.60 Å². The van der Waals surface area contributed by atoms with Crippen LogP contribution in [0.1, 0.15) is 19.4 Å². The molecule has 0 bridgehead atoms. The van der Waals surface area contributed by atoms with Crippen LogP contribution in [0.25, 0.3) is 0 Å². The van der Waals surface area contributed by atoms with E-state index in [9.17, 15) is 13.0 Å². The van der Waals surface area contributed by atoms with Crippen molar-refractivity contribution < 1.29 is 27.3 Å². The molecule has 104 valence electrons. The van der Waals surface area contributed by atoms with Crippen molar-refractivity contribution in [2.24, 2.45) is 0 Å². The maximum Gasteiger partial charge on any atom is 0.328 e. The molecular weight excluding hydrogens is 279 g/mol. The van der Waals surface area contributed by atoms with Gasteiger partial charge in [-0.3, -0.25) is 9.12 Å². The summed E-state index contributed by atoms with van der Waals surface area (Å²) in [6.07, 6.45) is 0. The van der Waals surface area contributed by atoms with Crippen LogP contribution in [-0.2, 0) is 14.7 Å². The van der Waals surface area contributed by atoms with Crippen LogP contribution in [0, 0.1) is 6.92 Å². The van der Waals surface area contributed by atoms with Crippen molar-refractivity contribution in [3.8, 4) is 0 Å². The smallest absolute Gasteiger partial charge is 0.324 e. The highest BCUT2D eigenvalue weighted by Crippen LogP contribution is 2.39. The Bertz CT molecular complexity index is 514. The molecule has 0 saturated heterocycles. The molecule has 0 atom stereocenters. The van der Waals surface area contributed by atoms with Gasteiger partial charge in [0.25, 0.3) is 10.1 Å². The molecule has 0 aliphatic carbocycles. The van der Waals surface area contributed by atoms with Gasteiger partial charge in [0.05, 0.1) is 10.6 Å². The molecule has 0 radical (unpaired) electrons. The third-order valence-electron chi connectivity index (χ3n) is 1.99. The number of benzene rings is 1. The molecule has 1 rings (SSSR count). The summed E-state index contributed by atoms with van der Waals surface area (Å²) in [5.41, 5.74) is 0.421. The summed E-state index contributed by atoms with van der Waals surface area (Å²) in [6, 6.07) is 5.99. The zero-order valence-electron chi connectivity index (χ0n) is 10.3. The van der Waals surface area contributed by atoms with Crippen molar-refractivity contribution in [2.75, 3.05) is 0 Å². The molecule has 1 aromatic carbocycles. The Labute approximate surface area is 107 Å². The summed E-state index contributed by atoms with van der Waals surface area (Å²) in [7, 11) is -7.76. The van der Waals surface area contributed by atoms with E-state index >= 15 is 0 Å². The van der Waals surface area contributed by atoms with Gasteiger partial charge < -0.3 is 9.79 Å². The van der Waals surface area contributed by atoms with Crippen molar-refractivity contribution in [3.05, 3.63) is 29.8 Å². The van der Waals surface area contributed by atoms with E-state index < -0.39 is 23.4 Å². The lowest BCUT2D eigenvalue weighted by atomic mass is 10.2. The fourth-order valence-corrected chi connectivity index (χ4v) is 1.19. The highest BCUT2D eigenvalue weighted by Gasteiger charge is 2.17. The summed E-state index contributed by atoms with van der Waals surface area (Å²) in [4.78, 5) is 16.3. The van der Waals surface area contributed by atoms with Crippen molar-refractivity contribution in [3.63, 3.8) is 0 Å². The highest BCUT2D eigenvalue weighted by atomic mass is 32.2. The molecular formula is C10H17O6PS. The van der Waals surface area contributed by atoms with E-state index in [-0.39, 0.29) is 4.90 Å². The van der Waals surface area contributed by atoms with Crippen LogP contribution in [0.3, 0.4) is 0 Å². The predicted molar refractivity (Wildman–Crippen MR) is 68.2 cm³/mol. The zero-order chi connectivity index (χ0) is 14.6. The summed E-state index contributed by atoms with van der Waals surface area (Å²) in [6.45, 7) is 4.81. The molecule has 0 aromatic heterocycles. The van der Waals surface area contributed by atoms with Gasteiger partial charge >= 0.3 is 7.60 Å². The van der Waals surface area contributed by atoms with Crippen LogP contribution in [0.4, 0.5) is 0 Å². The predicted octanol–water partition coefficient (Wildman–Crippen LogP) is 1.81. The largest absolute Gasteiger partial charge is 0.328 e. The average molecular weight is 296 g/mol. The van der Waals surface area contributed by atoms with Crippen LogP contribution in [0.2, 0.25) is 0 Å². The van der Waals surface area contributed by atoms with Gasteiger partial charge in [0.15, 0.2) is 0 Å². The van der Waals surface area contributed by atoms with Crippen LogP contribution in [0.5, 0.6) is 0 Å². The second kappa shape index (κ2) is 6.45. The zero-order valence-corrected chi connectivity index (χ0v) is 12.0. The topological polar surface area (TPSA) is 112 Å². The monoisotopic (exact) mass is 296 g/mol. The van der Waals surface area contributed by atoms with Gasteiger partial charge in [0.2, 0.25) is 0 Å². The second-order valence-electron chi connectivity index (χ2n) is 3.97. The summed E-state index contributed by atoms with van der Waals surface area (Å²) in [5.74, 6) is 0. The molecule has 0 heterocycles. The van der Waals surface area contributed by atoms with E-state index in [1.165, 1.54) is 26.0 Å². The maximum atomic E-state index is 10.5. The van der Waals surface area contributed by atoms with E-state index in [4.69, 9.17) is 14.3 Å². The Balaban J connectivity index is 0.000000360. The van der Waals surface area contributed by atoms with E-state index in [0.717, 1.165) is 5.56 Å².